The molecule has 0 aliphatic carbocycles. The molecule has 5 rings (SSSR count). The quantitative estimate of drug-likeness (QED) is 0.549. The van der Waals surface area contributed by atoms with E-state index >= 15 is 0 Å². The van der Waals surface area contributed by atoms with Gasteiger partial charge in [-0.3, -0.25) is 14.5 Å². The molecule has 38 heavy (non-hydrogen) atoms. The topological polar surface area (TPSA) is 73.3 Å². The van der Waals surface area contributed by atoms with Gasteiger partial charge in [0.15, 0.2) is 0 Å². The monoisotopic (exact) mass is 519 g/mol. The summed E-state index contributed by atoms with van der Waals surface area (Å²) < 4.78 is 5.79. The fourth-order valence-electron chi connectivity index (χ4n) is 6.39. The second kappa shape index (κ2) is 12.8. The number of benzene rings is 2. The lowest BCUT2D eigenvalue weighted by Crippen LogP contribution is -2.57. The van der Waals surface area contributed by atoms with E-state index in [-0.39, 0.29) is 30.5 Å². The summed E-state index contributed by atoms with van der Waals surface area (Å²) in [4.78, 5) is 34.0. The van der Waals surface area contributed by atoms with E-state index in [1.807, 2.05) is 58.3 Å². The lowest BCUT2D eigenvalue weighted by molar-refractivity contribution is -0.148. The molecule has 1 unspecified atom stereocenters. The zero-order chi connectivity index (χ0) is 26.3. The average Bonchev–Trinajstić information content (AvgIpc) is 3.66. The van der Waals surface area contributed by atoms with Gasteiger partial charge >= 0.3 is 0 Å². The van der Waals surface area contributed by atoms with E-state index in [4.69, 9.17) is 4.74 Å². The Morgan fingerprint density at radius 2 is 1.47 bits per heavy atom. The van der Waals surface area contributed by atoms with Gasteiger partial charge < -0.3 is 19.6 Å². The fourth-order valence-corrected chi connectivity index (χ4v) is 6.39. The molecule has 3 aliphatic rings. The van der Waals surface area contributed by atoms with Crippen molar-refractivity contribution in [3.8, 4) is 5.75 Å². The third-order valence-corrected chi connectivity index (χ3v) is 8.40. The Hall–Kier alpha value is -2.90. The minimum atomic E-state index is -0.772. The molecule has 3 heterocycles. The molecule has 0 bridgehead atoms. The number of amides is 2. The molecule has 0 saturated carbocycles. The van der Waals surface area contributed by atoms with Crippen LogP contribution in [0.2, 0.25) is 0 Å². The van der Waals surface area contributed by atoms with Crippen molar-refractivity contribution in [2.24, 2.45) is 0 Å². The Labute approximate surface area is 226 Å². The maximum absolute atomic E-state index is 14.1. The van der Waals surface area contributed by atoms with Crippen LogP contribution in [-0.4, -0.2) is 88.6 Å². The number of rotatable bonds is 9. The largest absolute Gasteiger partial charge is 0.491 e. The summed E-state index contributed by atoms with van der Waals surface area (Å²) in [6, 6.07) is 18.7. The lowest BCUT2D eigenvalue weighted by atomic mass is 9.99. The molecule has 1 N–H and O–H groups in total. The molecule has 0 spiro atoms. The number of hydrogen-bond donors (Lipinski definition) is 1. The fraction of sp³-hybridized carbons (Fsp3) is 0.548. The molecule has 204 valence electrons. The molecule has 4 atom stereocenters. The van der Waals surface area contributed by atoms with Gasteiger partial charge in [0.25, 0.3) is 0 Å². The summed E-state index contributed by atoms with van der Waals surface area (Å²) in [6.07, 6.45) is 6.44. The van der Waals surface area contributed by atoms with Gasteiger partial charge in [0.05, 0.1) is 12.1 Å². The first-order chi connectivity index (χ1) is 18.6. The van der Waals surface area contributed by atoms with Crippen LogP contribution >= 0.6 is 0 Å². The number of carbonyl (C=O) groups is 2. The molecular weight excluding hydrogens is 478 g/mol. The van der Waals surface area contributed by atoms with Crippen LogP contribution in [0.3, 0.4) is 0 Å². The lowest BCUT2D eigenvalue weighted by Gasteiger charge is -2.38. The molecule has 2 aromatic rings. The van der Waals surface area contributed by atoms with Gasteiger partial charge in [-0.1, -0.05) is 55.0 Å². The zero-order valence-corrected chi connectivity index (χ0v) is 22.3. The van der Waals surface area contributed by atoms with Gasteiger partial charge in [0.2, 0.25) is 11.8 Å². The van der Waals surface area contributed by atoms with Crippen LogP contribution in [0.4, 0.5) is 0 Å². The average molecular weight is 520 g/mol. The Morgan fingerprint density at radius 3 is 2.21 bits per heavy atom. The van der Waals surface area contributed by atoms with E-state index in [1.165, 1.54) is 6.42 Å². The normalized spacial score (nSPS) is 23.8. The summed E-state index contributed by atoms with van der Waals surface area (Å²) in [5.74, 6) is 0.765. The maximum atomic E-state index is 14.1. The molecule has 7 nitrogen and oxygen atoms in total. The number of aliphatic hydroxyl groups excluding tert-OH is 1. The van der Waals surface area contributed by atoms with Crippen molar-refractivity contribution in [1.29, 1.82) is 0 Å². The third kappa shape index (κ3) is 6.21. The highest BCUT2D eigenvalue weighted by molar-refractivity contribution is 5.91. The van der Waals surface area contributed by atoms with Crippen molar-refractivity contribution in [3.63, 3.8) is 0 Å². The van der Waals surface area contributed by atoms with Crippen molar-refractivity contribution in [3.05, 3.63) is 66.2 Å². The molecule has 3 fully saturated rings. The predicted molar refractivity (Wildman–Crippen MR) is 147 cm³/mol. The molecule has 0 radical (unpaired) electrons. The molecule has 7 heteroatoms. The zero-order valence-electron chi connectivity index (χ0n) is 22.3. The van der Waals surface area contributed by atoms with Crippen molar-refractivity contribution in [2.75, 3.05) is 32.8 Å². The predicted octanol–water partition coefficient (Wildman–Crippen LogP) is 3.51. The summed E-state index contributed by atoms with van der Waals surface area (Å²) in [6.45, 7) is 3.23. The highest BCUT2D eigenvalue weighted by Gasteiger charge is 2.44. The summed E-state index contributed by atoms with van der Waals surface area (Å²) in [5.41, 5.74) is 1.15. The first kappa shape index (κ1) is 26.7. The SMILES string of the molecule is O=C([C@H](Cc1ccccc1)N1CCCCC1)N1CCC[C@H]1C(=O)N1CCC[C@H]1C(O)COc1ccccc1. The van der Waals surface area contributed by atoms with Crippen LogP contribution in [0.1, 0.15) is 50.5 Å². The number of likely N-dealkylation sites (tertiary alicyclic amines) is 3. The van der Waals surface area contributed by atoms with Gasteiger partial charge in [-0.15, -0.1) is 0 Å². The first-order valence-corrected chi connectivity index (χ1v) is 14.4. The first-order valence-electron chi connectivity index (χ1n) is 14.4. The van der Waals surface area contributed by atoms with Crippen molar-refractivity contribution in [2.45, 2.75) is 75.6 Å². The molecular formula is C31H41N3O4. The Morgan fingerprint density at radius 1 is 0.816 bits per heavy atom. The Kier molecular flexibility index (Phi) is 8.97. The maximum Gasteiger partial charge on any atom is 0.245 e. The minimum Gasteiger partial charge on any atom is -0.491 e. The molecule has 2 aromatic carbocycles. The second-order valence-electron chi connectivity index (χ2n) is 10.9. The molecule has 2 amide bonds. The Bertz CT molecular complexity index is 1040. The van der Waals surface area contributed by atoms with E-state index < -0.39 is 12.1 Å². The van der Waals surface area contributed by atoms with Gasteiger partial charge in [-0.25, -0.2) is 0 Å². The number of carbonyl (C=O) groups excluding carboxylic acids is 2. The third-order valence-electron chi connectivity index (χ3n) is 8.40. The van der Waals surface area contributed by atoms with E-state index in [2.05, 4.69) is 17.0 Å². The van der Waals surface area contributed by atoms with Crippen LogP contribution in [0.15, 0.2) is 60.7 Å². The van der Waals surface area contributed by atoms with Crippen LogP contribution in [-0.2, 0) is 16.0 Å². The van der Waals surface area contributed by atoms with Gasteiger partial charge in [-0.05, 0) is 75.7 Å². The van der Waals surface area contributed by atoms with Gasteiger partial charge in [0.1, 0.15) is 24.5 Å². The van der Waals surface area contributed by atoms with Crippen LogP contribution in [0.25, 0.3) is 0 Å². The van der Waals surface area contributed by atoms with Crippen LogP contribution in [0, 0.1) is 0 Å². The molecule has 3 saturated heterocycles. The summed E-state index contributed by atoms with van der Waals surface area (Å²) in [5, 5.41) is 11.0. The van der Waals surface area contributed by atoms with Crippen LogP contribution in [0.5, 0.6) is 5.75 Å². The van der Waals surface area contributed by atoms with E-state index in [1.54, 1.807) is 0 Å². The van der Waals surface area contributed by atoms with Crippen LogP contribution < -0.4 is 4.74 Å². The summed E-state index contributed by atoms with van der Waals surface area (Å²) in [7, 11) is 0. The standard InChI is InChI=1S/C31H41N3O4/c35-29(23-38-25-14-6-2-7-15-25)26-16-10-20-33(26)30(36)27-17-11-21-34(27)31(37)28(32-18-8-3-9-19-32)22-24-12-4-1-5-13-24/h1-2,4-7,12-15,26-29,35H,3,8-11,16-23H2/t26-,27-,28-,29?/m0/s1. The van der Waals surface area contributed by atoms with Gasteiger partial charge in [-0.2, -0.15) is 0 Å². The van der Waals surface area contributed by atoms with Crippen molar-refractivity contribution >= 4 is 11.8 Å². The number of aliphatic hydroxyl groups is 1. The van der Waals surface area contributed by atoms with E-state index in [0.717, 1.165) is 50.8 Å². The number of ether oxygens (including phenoxy) is 1. The van der Waals surface area contributed by atoms with E-state index in [9.17, 15) is 14.7 Å². The number of para-hydroxylation sites is 1. The second-order valence-corrected chi connectivity index (χ2v) is 10.9. The van der Waals surface area contributed by atoms with Crippen molar-refractivity contribution < 1.29 is 19.4 Å². The highest BCUT2D eigenvalue weighted by atomic mass is 16.5. The minimum absolute atomic E-state index is 0.0192. The molecule has 3 aliphatic heterocycles. The molecule has 0 aromatic heterocycles. The highest BCUT2D eigenvalue weighted by Crippen LogP contribution is 2.29. The smallest absolute Gasteiger partial charge is 0.245 e. The van der Waals surface area contributed by atoms with Crippen molar-refractivity contribution in [1.82, 2.24) is 14.7 Å². The number of hydrogen-bond acceptors (Lipinski definition) is 5. The van der Waals surface area contributed by atoms with E-state index in [0.29, 0.717) is 31.7 Å². The summed E-state index contributed by atoms with van der Waals surface area (Å²) >= 11 is 0. The van der Waals surface area contributed by atoms with Gasteiger partial charge in [0, 0.05) is 13.1 Å². The number of nitrogens with zero attached hydrogens (tertiary/aromatic N) is 3. The number of piperidine rings is 1. The Balaban J connectivity index is 1.27.